The molecule has 0 aliphatic carbocycles. The fourth-order valence-electron chi connectivity index (χ4n) is 2.03. The molecule has 0 bridgehead atoms. The number of carboxylic acids is 1. The maximum Gasteiger partial charge on any atom is 0.416 e. The van der Waals surface area contributed by atoms with Gasteiger partial charge in [-0.15, -0.1) is 11.8 Å². The SMILES string of the molecule is O=C(C[C@H]1SC[C@H](C(=O)O)NC1=O)Nc1cccc(C(F)(F)F)c1. The van der Waals surface area contributed by atoms with E-state index in [2.05, 4.69) is 10.6 Å². The molecule has 0 aromatic heterocycles. The molecule has 24 heavy (non-hydrogen) atoms. The van der Waals surface area contributed by atoms with Crippen LogP contribution in [-0.4, -0.2) is 39.9 Å². The molecule has 0 unspecified atom stereocenters. The van der Waals surface area contributed by atoms with Crippen LogP contribution in [0, 0.1) is 0 Å². The van der Waals surface area contributed by atoms with Crippen LogP contribution in [0.3, 0.4) is 0 Å². The molecule has 10 heteroatoms. The second-order valence-electron chi connectivity index (χ2n) is 5.05. The van der Waals surface area contributed by atoms with E-state index in [1.165, 1.54) is 6.07 Å². The van der Waals surface area contributed by atoms with E-state index in [1.807, 2.05) is 0 Å². The summed E-state index contributed by atoms with van der Waals surface area (Å²) < 4.78 is 37.8. The van der Waals surface area contributed by atoms with Gasteiger partial charge in [-0.1, -0.05) is 6.07 Å². The molecule has 1 saturated heterocycles. The summed E-state index contributed by atoms with van der Waals surface area (Å²) in [7, 11) is 0. The molecule has 2 atom stereocenters. The highest BCUT2D eigenvalue weighted by Crippen LogP contribution is 2.30. The van der Waals surface area contributed by atoms with Crippen molar-refractivity contribution in [1.82, 2.24) is 5.32 Å². The number of alkyl halides is 3. The molecule has 1 aromatic carbocycles. The van der Waals surface area contributed by atoms with Gasteiger partial charge in [0.25, 0.3) is 0 Å². The number of carbonyl (C=O) groups is 3. The lowest BCUT2D eigenvalue weighted by Crippen LogP contribution is -2.51. The van der Waals surface area contributed by atoms with Crippen molar-refractivity contribution in [3.63, 3.8) is 0 Å². The molecule has 1 fully saturated rings. The van der Waals surface area contributed by atoms with Gasteiger partial charge in [-0.3, -0.25) is 9.59 Å². The number of hydrogen-bond donors (Lipinski definition) is 3. The number of nitrogens with one attached hydrogen (secondary N) is 2. The van der Waals surface area contributed by atoms with Gasteiger partial charge in [-0.05, 0) is 18.2 Å². The number of benzene rings is 1. The molecule has 2 rings (SSSR count). The van der Waals surface area contributed by atoms with E-state index in [1.54, 1.807) is 0 Å². The molecule has 1 aromatic rings. The second kappa shape index (κ2) is 7.12. The van der Waals surface area contributed by atoms with Crippen molar-refractivity contribution in [3.8, 4) is 0 Å². The molecule has 1 aliphatic rings. The van der Waals surface area contributed by atoms with Crippen molar-refractivity contribution in [2.24, 2.45) is 0 Å². The number of carboxylic acid groups (broad SMARTS) is 1. The normalized spacial score (nSPS) is 21.0. The van der Waals surface area contributed by atoms with Gasteiger partial charge in [-0.25, -0.2) is 4.79 Å². The lowest BCUT2D eigenvalue weighted by Gasteiger charge is -2.25. The highest BCUT2D eigenvalue weighted by atomic mass is 32.2. The molecule has 0 spiro atoms. The predicted molar refractivity (Wildman–Crippen MR) is 80.5 cm³/mol. The Morgan fingerprint density at radius 2 is 2.08 bits per heavy atom. The van der Waals surface area contributed by atoms with Crippen LogP contribution in [0.1, 0.15) is 12.0 Å². The Kier molecular flexibility index (Phi) is 5.37. The van der Waals surface area contributed by atoms with Gasteiger partial charge < -0.3 is 15.7 Å². The summed E-state index contributed by atoms with van der Waals surface area (Å²) in [5, 5.41) is 12.6. The zero-order chi connectivity index (χ0) is 17.9. The third-order valence-electron chi connectivity index (χ3n) is 3.22. The first-order chi connectivity index (χ1) is 11.2. The second-order valence-corrected chi connectivity index (χ2v) is 6.29. The van der Waals surface area contributed by atoms with E-state index in [-0.39, 0.29) is 17.9 Å². The molecule has 0 saturated carbocycles. The van der Waals surface area contributed by atoms with Crippen LogP contribution < -0.4 is 10.6 Å². The van der Waals surface area contributed by atoms with E-state index in [0.717, 1.165) is 30.0 Å². The molecule has 3 N–H and O–H groups in total. The molecular weight excluding hydrogens is 349 g/mol. The van der Waals surface area contributed by atoms with Crippen LogP contribution >= 0.6 is 11.8 Å². The quantitative estimate of drug-likeness (QED) is 0.758. The van der Waals surface area contributed by atoms with Crippen LogP contribution in [0.4, 0.5) is 18.9 Å². The van der Waals surface area contributed by atoms with Crippen molar-refractivity contribution in [2.45, 2.75) is 23.9 Å². The lowest BCUT2D eigenvalue weighted by molar-refractivity contribution is -0.141. The monoisotopic (exact) mass is 362 g/mol. The van der Waals surface area contributed by atoms with Gasteiger partial charge in [0.05, 0.1) is 10.8 Å². The first-order valence-electron chi connectivity index (χ1n) is 6.78. The summed E-state index contributed by atoms with van der Waals surface area (Å²) in [4.78, 5) is 34.4. The lowest BCUT2D eigenvalue weighted by atomic mass is 10.2. The summed E-state index contributed by atoms with van der Waals surface area (Å²) in [5.41, 5.74) is -0.922. The summed E-state index contributed by atoms with van der Waals surface area (Å²) in [5.74, 6) is -2.26. The average molecular weight is 362 g/mol. The number of halogens is 3. The Morgan fingerprint density at radius 1 is 1.38 bits per heavy atom. The largest absolute Gasteiger partial charge is 0.480 e. The summed E-state index contributed by atoms with van der Waals surface area (Å²) in [6.45, 7) is 0. The number of hydrogen-bond acceptors (Lipinski definition) is 4. The van der Waals surface area contributed by atoms with Gasteiger partial charge in [-0.2, -0.15) is 13.2 Å². The number of amides is 2. The van der Waals surface area contributed by atoms with Crippen LogP contribution in [0.5, 0.6) is 0 Å². The predicted octanol–water partition coefficient (Wildman–Crippen LogP) is 1.72. The maximum atomic E-state index is 12.6. The summed E-state index contributed by atoms with van der Waals surface area (Å²) >= 11 is 1.02. The van der Waals surface area contributed by atoms with Crippen molar-refractivity contribution in [2.75, 3.05) is 11.1 Å². The van der Waals surface area contributed by atoms with E-state index < -0.39 is 40.8 Å². The third kappa shape index (κ3) is 4.63. The van der Waals surface area contributed by atoms with E-state index >= 15 is 0 Å². The fourth-order valence-corrected chi connectivity index (χ4v) is 3.17. The first-order valence-corrected chi connectivity index (χ1v) is 7.83. The topological polar surface area (TPSA) is 95.5 Å². The minimum atomic E-state index is -4.52. The molecule has 1 aliphatic heterocycles. The molecule has 2 amide bonds. The maximum absolute atomic E-state index is 12.6. The van der Waals surface area contributed by atoms with Gasteiger partial charge in [0.2, 0.25) is 11.8 Å². The minimum Gasteiger partial charge on any atom is -0.480 e. The van der Waals surface area contributed by atoms with Crippen LogP contribution in [0.2, 0.25) is 0 Å². The Labute approximate surface area is 138 Å². The standard InChI is InChI=1S/C14H13F3N2O4S/c15-14(16,17)7-2-1-3-8(4-7)18-11(20)5-10-12(21)19-9(6-24-10)13(22)23/h1-4,9-10H,5-6H2,(H,18,20)(H,19,21)(H,22,23)/t9-,10-/m1/s1. The minimum absolute atomic E-state index is 0.0283. The van der Waals surface area contributed by atoms with Crippen molar-refractivity contribution in [3.05, 3.63) is 29.8 Å². The van der Waals surface area contributed by atoms with E-state index in [4.69, 9.17) is 5.11 Å². The number of anilines is 1. The fraction of sp³-hybridized carbons (Fsp3) is 0.357. The Morgan fingerprint density at radius 3 is 2.67 bits per heavy atom. The number of carbonyl (C=O) groups excluding carboxylic acids is 2. The van der Waals surface area contributed by atoms with Crippen molar-refractivity contribution in [1.29, 1.82) is 0 Å². The number of rotatable bonds is 4. The van der Waals surface area contributed by atoms with Crippen molar-refractivity contribution < 1.29 is 32.7 Å². The molecule has 1 heterocycles. The number of thioether (sulfide) groups is 1. The zero-order valence-corrected chi connectivity index (χ0v) is 12.9. The van der Waals surface area contributed by atoms with Gasteiger partial charge in [0.15, 0.2) is 0 Å². The van der Waals surface area contributed by atoms with Crippen LogP contribution in [-0.2, 0) is 20.6 Å². The molecular formula is C14H13F3N2O4S. The van der Waals surface area contributed by atoms with Crippen molar-refractivity contribution >= 4 is 35.2 Å². The number of aliphatic carboxylic acids is 1. The van der Waals surface area contributed by atoms with E-state index in [9.17, 15) is 27.6 Å². The van der Waals surface area contributed by atoms with Gasteiger partial charge in [0.1, 0.15) is 6.04 Å². The first kappa shape index (κ1) is 18.1. The Hall–Kier alpha value is -2.23. The average Bonchev–Trinajstić information content (AvgIpc) is 2.48. The molecule has 130 valence electrons. The van der Waals surface area contributed by atoms with Gasteiger partial charge in [0, 0.05) is 17.9 Å². The zero-order valence-electron chi connectivity index (χ0n) is 12.1. The van der Waals surface area contributed by atoms with Crippen LogP contribution in [0.25, 0.3) is 0 Å². The third-order valence-corrected chi connectivity index (χ3v) is 4.52. The smallest absolute Gasteiger partial charge is 0.416 e. The highest BCUT2D eigenvalue weighted by Gasteiger charge is 2.34. The Balaban J connectivity index is 1.95. The van der Waals surface area contributed by atoms with E-state index in [0.29, 0.717) is 0 Å². The highest BCUT2D eigenvalue weighted by molar-refractivity contribution is 8.00. The Bertz CT molecular complexity index is 666. The summed E-state index contributed by atoms with van der Waals surface area (Å²) in [6, 6.07) is 3.14. The van der Waals surface area contributed by atoms with Gasteiger partial charge >= 0.3 is 12.1 Å². The van der Waals surface area contributed by atoms with Crippen LogP contribution in [0.15, 0.2) is 24.3 Å². The summed E-state index contributed by atoms with van der Waals surface area (Å²) in [6.07, 6.45) is -4.79. The molecule has 0 radical (unpaired) electrons. The molecule has 6 nitrogen and oxygen atoms in total.